The molecular formula is C9H16FNO. The van der Waals surface area contributed by atoms with E-state index < -0.39 is 6.17 Å². The van der Waals surface area contributed by atoms with Crippen molar-refractivity contribution in [1.29, 1.82) is 0 Å². The molecule has 2 nitrogen and oxygen atoms in total. The van der Waals surface area contributed by atoms with Gasteiger partial charge in [-0.05, 0) is 25.7 Å². The van der Waals surface area contributed by atoms with Crippen LogP contribution in [0.15, 0.2) is 0 Å². The second-order valence-electron chi connectivity index (χ2n) is 3.93. The normalized spacial score (nSPS) is 39.5. The van der Waals surface area contributed by atoms with Crippen LogP contribution in [0.3, 0.4) is 0 Å². The molecule has 1 aliphatic heterocycles. The molecule has 12 heavy (non-hydrogen) atoms. The van der Waals surface area contributed by atoms with Crippen molar-refractivity contribution in [3.05, 3.63) is 0 Å². The molecule has 1 N–H and O–H groups in total. The highest BCUT2D eigenvalue weighted by Gasteiger charge is 2.36. The lowest BCUT2D eigenvalue weighted by Crippen LogP contribution is -2.52. The van der Waals surface area contributed by atoms with Crippen LogP contribution in [0.25, 0.3) is 0 Å². The number of alkyl halides is 1. The summed E-state index contributed by atoms with van der Waals surface area (Å²) in [5.74, 6) is 0. The van der Waals surface area contributed by atoms with Crippen LogP contribution in [0.4, 0.5) is 4.39 Å². The Balaban J connectivity index is 1.81. The van der Waals surface area contributed by atoms with Crippen molar-refractivity contribution >= 4 is 0 Å². The quantitative estimate of drug-likeness (QED) is 0.638. The van der Waals surface area contributed by atoms with Crippen LogP contribution in [0.1, 0.15) is 25.7 Å². The highest BCUT2D eigenvalue weighted by Crippen LogP contribution is 2.30. The summed E-state index contributed by atoms with van der Waals surface area (Å²) >= 11 is 0. The first-order valence-electron chi connectivity index (χ1n) is 4.83. The lowest BCUT2D eigenvalue weighted by Gasteiger charge is -2.43. The van der Waals surface area contributed by atoms with Crippen molar-refractivity contribution in [1.82, 2.24) is 4.90 Å². The molecule has 0 bridgehead atoms. The lowest BCUT2D eigenvalue weighted by molar-refractivity contribution is -0.00619. The molecule has 2 aliphatic rings. The van der Waals surface area contributed by atoms with E-state index in [2.05, 4.69) is 4.90 Å². The molecule has 0 aromatic rings. The molecule has 2 atom stereocenters. The van der Waals surface area contributed by atoms with Crippen molar-refractivity contribution in [3.8, 4) is 0 Å². The van der Waals surface area contributed by atoms with Crippen LogP contribution in [0, 0.1) is 0 Å². The third kappa shape index (κ3) is 1.48. The topological polar surface area (TPSA) is 23.5 Å². The minimum absolute atomic E-state index is 0.139. The number of hydrogen-bond acceptors (Lipinski definition) is 2. The van der Waals surface area contributed by atoms with Gasteiger partial charge in [0, 0.05) is 19.1 Å². The summed E-state index contributed by atoms with van der Waals surface area (Å²) in [6.07, 6.45) is 2.66. The Morgan fingerprint density at radius 2 is 1.75 bits per heavy atom. The van der Waals surface area contributed by atoms with E-state index in [1.54, 1.807) is 0 Å². The predicted octanol–water partition coefficient (Wildman–Crippen LogP) is 0.944. The van der Waals surface area contributed by atoms with E-state index in [0.29, 0.717) is 0 Å². The molecule has 2 rings (SSSR count). The Morgan fingerprint density at radius 1 is 1.08 bits per heavy atom. The molecule has 2 unspecified atom stereocenters. The standard InChI is InChI=1S/C9H16FNO/c10-8-1-2-9(8)11-5-3-7(12)4-6-11/h7-9,12H,1-6H2. The number of aliphatic hydroxyl groups excluding tert-OH is 1. The van der Waals surface area contributed by atoms with Crippen molar-refractivity contribution < 1.29 is 9.50 Å². The van der Waals surface area contributed by atoms with Crippen LogP contribution in [0.5, 0.6) is 0 Å². The van der Waals surface area contributed by atoms with Crippen LogP contribution < -0.4 is 0 Å². The third-order valence-electron chi connectivity index (χ3n) is 3.12. The average molecular weight is 173 g/mol. The van der Waals surface area contributed by atoms with Gasteiger partial charge in [0.2, 0.25) is 0 Å². The Hall–Kier alpha value is -0.150. The fourth-order valence-corrected chi connectivity index (χ4v) is 2.07. The number of hydrogen-bond donors (Lipinski definition) is 1. The van der Waals surface area contributed by atoms with Gasteiger partial charge in [0.25, 0.3) is 0 Å². The zero-order valence-electron chi connectivity index (χ0n) is 7.25. The maximum absolute atomic E-state index is 13.0. The van der Waals surface area contributed by atoms with Crippen LogP contribution in [0.2, 0.25) is 0 Å². The molecule has 70 valence electrons. The Bertz CT molecular complexity index is 157. The molecule has 0 spiro atoms. The van der Waals surface area contributed by atoms with Gasteiger partial charge < -0.3 is 5.11 Å². The third-order valence-corrected chi connectivity index (χ3v) is 3.12. The summed E-state index contributed by atoms with van der Waals surface area (Å²) in [5, 5.41) is 9.24. The van der Waals surface area contributed by atoms with Crippen molar-refractivity contribution in [2.75, 3.05) is 13.1 Å². The minimum Gasteiger partial charge on any atom is -0.393 e. The summed E-state index contributed by atoms with van der Waals surface area (Å²) in [6, 6.07) is 0.178. The zero-order valence-corrected chi connectivity index (χ0v) is 7.25. The van der Waals surface area contributed by atoms with E-state index in [9.17, 15) is 9.50 Å². The Morgan fingerprint density at radius 3 is 2.17 bits per heavy atom. The van der Waals surface area contributed by atoms with E-state index in [-0.39, 0.29) is 12.1 Å². The minimum atomic E-state index is -0.597. The molecule has 1 aliphatic carbocycles. The number of halogens is 1. The predicted molar refractivity (Wildman–Crippen MR) is 44.7 cm³/mol. The summed E-state index contributed by atoms with van der Waals surface area (Å²) in [5.41, 5.74) is 0. The van der Waals surface area contributed by atoms with Gasteiger partial charge in [0.05, 0.1) is 6.10 Å². The van der Waals surface area contributed by atoms with Gasteiger partial charge in [-0.3, -0.25) is 4.90 Å². The molecule has 1 saturated carbocycles. The molecule has 0 aromatic carbocycles. The fourth-order valence-electron chi connectivity index (χ4n) is 2.07. The van der Waals surface area contributed by atoms with Crippen LogP contribution in [-0.2, 0) is 0 Å². The molecule has 0 amide bonds. The first-order chi connectivity index (χ1) is 5.77. The SMILES string of the molecule is OC1CCN(C2CCC2F)CC1. The lowest BCUT2D eigenvalue weighted by atomic mass is 9.87. The van der Waals surface area contributed by atoms with Crippen LogP contribution in [-0.4, -0.2) is 41.4 Å². The maximum atomic E-state index is 13.0. The molecular weight excluding hydrogens is 157 g/mol. The highest BCUT2D eigenvalue weighted by atomic mass is 19.1. The number of likely N-dealkylation sites (tertiary alicyclic amines) is 1. The van der Waals surface area contributed by atoms with Crippen LogP contribution >= 0.6 is 0 Å². The van der Waals surface area contributed by atoms with Gasteiger partial charge in [0.1, 0.15) is 6.17 Å². The van der Waals surface area contributed by atoms with Gasteiger partial charge in [-0.1, -0.05) is 0 Å². The van der Waals surface area contributed by atoms with E-state index >= 15 is 0 Å². The van der Waals surface area contributed by atoms with E-state index in [0.717, 1.165) is 38.8 Å². The van der Waals surface area contributed by atoms with E-state index in [1.165, 1.54) is 0 Å². The Labute approximate surface area is 72.4 Å². The number of aliphatic hydroxyl groups is 1. The van der Waals surface area contributed by atoms with E-state index in [4.69, 9.17) is 0 Å². The summed E-state index contributed by atoms with van der Waals surface area (Å²) in [6.45, 7) is 1.76. The largest absolute Gasteiger partial charge is 0.393 e. The molecule has 0 radical (unpaired) electrons. The molecule has 3 heteroatoms. The van der Waals surface area contributed by atoms with Gasteiger partial charge in [0.15, 0.2) is 0 Å². The first kappa shape index (κ1) is 8.45. The number of nitrogens with zero attached hydrogens (tertiary/aromatic N) is 1. The Kier molecular flexibility index (Phi) is 2.33. The summed E-state index contributed by atoms with van der Waals surface area (Å²) in [4.78, 5) is 2.20. The monoisotopic (exact) mass is 173 g/mol. The van der Waals surface area contributed by atoms with Crippen molar-refractivity contribution in [3.63, 3.8) is 0 Å². The van der Waals surface area contributed by atoms with Gasteiger partial charge >= 0.3 is 0 Å². The number of piperidine rings is 1. The van der Waals surface area contributed by atoms with E-state index in [1.807, 2.05) is 0 Å². The smallest absolute Gasteiger partial charge is 0.116 e. The van der Waals surface area contributed by atoms with Gasteiger partial charge in [-0.25, -0.2) is 4.39 Å². The first-order valence-corrected chi connectivity index (χ1v) is 4.83. The van der Waals surface area contributed by atoms with Crippen molar-refractivity contribution in [2.45, 2.75) is 44.0 Å². The van der Waals surface area contributed by atoms with Crippen molar-refractivity contribution in [2.24, 2.45) is 0 Å². The summed E-state index contributed by atoms with van der Waals surface area (Å²) < 4.78 is 13.0. The number of rotatable bonds is 1. The maximum Gasteiger partial charge on any atom is 0.116 e. The molecule has 2 fully saturated rings. The second-order valence-corrected chi connectivity index (χ2v) is 3.93. The average Bonchev–Trinajstić information content (AvgIpc) is 2.06. The fraction of sp³-hybridized carbons (Fsp3) is 1.00. The second kappa shape index (κ2) is 3.30. The molecule has 1 saturated heterocycles. The molecule has 1 heterocycles. The summed E-state index contributed by atoms with van der Waals surface area (Å²) in [7, 11) is 0. The van der Waals surface area contributed by atoms with Gasteiger partial charge in [-0.2, -0.15) is 0 Å². The highest BCUT2D eigenvalue weighted by molar-refractivity contribution is 4.90. The van der Waals surface area contributed by atoms with Gasteiger partial charge in [-0.15, -0.1) is 0 Å². The zero-order chi connectivity index (χ0) is 8.55. The molecule has 0 aromatic heterocycles.